The predicted octanol–water partition coefficient (Wildman–Crippen LogP) is 3.64. The fourth-order valence-corrected chi connectivity index (χ4v) is 3.73. The number of anilines is 1. The van der Waals surface area contributed by atoms with Gasteiger partial charge in [0.15, 0.2) is 5.13 Å². The molecular weight excluding hydrogens is 302 g/mol. The largest absolute Gasteiger partial charge is 0.375 e. The van der Waals surface area contributed by atoms with Crippen LogP contribution >= 0.6 is 22.7 Å². The molecule has 2 aromatic heterocycles. The molecular formula is C15H21N3OS2. The normalized spacial score (nSPS) is 10.8. The molecule has 2 aromatic rings. The molecule has 0 spiro atoms. The molecule has 0 unspecified atom stereocenters. The van der Waals surface area contributed by atoms with E-state index in [1.54, 1.807) is 11.3 Å². The molecule has 21 heavy (non-hydrogen) atoms. The number of nitrogen functional groups attached to an aromatic ring is 1. The summed E-state index contributed by atoms with van der Waals surface area (Å²) < 4.78 is 0. The van der Waals surface area contributed by atoms with Gasteiger partial charge in [-0.1, -0.05) is 19.4 Å². The minimum Gasteiger partial charge on any atom is -0.375 e. The summed E-state index contributed by atoms with van der Waals surface area (Å²) in [5, 5.41) is 2.60. The van der Waals surface area contributed by atoms with Crippen LogP contribution in [0, 0.1) is 0 Å². The molecule has 114 valence electrons. The maximum absolute atomic E-state index is 12.1. The second-order valence-electron chi connectivity index (χ2n) is 4.97. The maximum atomic E-state index is 12.1. The lowest BCUT2D eigenvalue weighted by Gasteiger charge is -2.16. The van der Waals surface area contributed by atoms with Crippen LogP contribution in [-0.2, 0) is 11.2 Å². The number of nitrogens with two attached hydrogens (primary N) is 1. The van der Waals surface area contributed by atoms with Crippen LogP contribution < -0.4 is 5.73 Å². The first-order chi connectivity index (χ1) is 10.1. The summed E-state index contributed by atoms with van der Waals surface area (Å²) in [6, 6.07) is 4.04. The summed E-state index contributed by atoms with van der Waals surface area (Å²) in [6.07, 6.45) is 3.37. The van der Waals surface area contributed by atoms with Crippen molar-refractivity contribution in [2.45, 2.75) is 32.6 Å². The van der Waals surface area contributed by atoms with Crippen molar-refractivity contribution in [3.63, 3.8) is 0 Å². The Morgan fingerprint density at radius 2 is 2.29 bits per heavy atom. The highest BCUT2D eigenvalue weighted by Gasteiger charge is 2.15. The van der Waals surface area contributed by atoms with Gasteiger partial charge in [-0.3, -0.25) is 4.79 Å². The number of aryl methyl sites for hydroxylation is 1. The Morgan fingerprint density at radius 3 is 2.95 bits per heavy atom. The van der Waals surface area contributed by atoms with Crippen molar-refractivity contribution in [2.24, 2.45) is 0 Å². The third-order valence-electron chi connectivity index (χ3n) is 3.31. The average Bonchev–Trinajstić information content (AvgIpc) is 3.10. The topological polar surface area (TPSA) is 59.2 Å². The van der Waals surface area contributed by atoms with Crippen molar-refractivity contribution < 1.29 is 4.79 Å². The lowest BCUT2D eigenvalue weighted by molar-refractivity contribution is -0.129. The Balaban J connectivity index is 1.99. The third-order valence-corrected chi connectivity index (χ3v) is 5.13. The van der Waals surface area contributed by atoms with Gasteiger partial charge in [-0.2, -0.15) is 0 Å². The summed E-state index contributed by atoms with van der Waals surface area (Å²) in [4.78, 5) is 20.6. The summed E-state index contributed by atoms with van der Waals surface area (Å²) in [5.41, 5.74) is 6.78. The fourth-order valence-electron chi connectivity index (χ4n) is 2.08. The third kappa shape index (κ3) is 4.28. The Hall–Kier alpha value is -1.40. The van der Waals surface area contributed by atoms with Crippen molar-refractivity contribution in [3.05, 3.63) is 22.4 Å². The molecule has 0 aliphatic rings. The van der Waals surface area contributed by atoms with Crippen LogP contribution in [0.4, 0.5) is 5.13 Å². The highest BCUT2D eigenvalue weighted by molar-refractivity contribution is 7.17. The first-order valence-electron chi connectivity index (χ1n) is 7.14. The molecule has 2 rings (SSSR count). The number of carbonyl (C=O) groups excluding carboxylic acids is 1. The minimum absolute atomic E-state index is 0.188. The molecule has 0 bridgehead atoms. The monoisotopic (exact) mass is 323 g/mol. The van der Waals surface area contributed by atoms with Crippen molar-refractivity contribution in [1.29, 1.82) is 0 Å². The Bertz CT molecular complexity index is 578. The molecule has 0 fully saturated rings. The lowest BCUT2D eigenvalue weighted by atomic mass is 10.2. The van der Waals surface area contributed by atoms with Crippen LogP contribution in [0.25, 0.3) is 10.6 Å². The Kier molecular flexibility index (Phi) is 5.76. The number of thiophene rings is 1. The standard InChI is InChI=1S/C15H21N3OS2/c1-3-4-9-18(2)13(19)8-7-12-14(17-15(16)21-12)11-6-5-10-20-11/h5-6,10H,3-4,7-9H2,1-2H3,(H2,16,17). The minimum atomic E-state index is 0.188. The van der Waals surface area contributed by atoms with Gasteiger partial charge in [0.2, 0.25) is 5.91 Å². The predicted molar refractivity (Wildman–Crippen MR) is 90.7 cm³/mol. The van der Waals surface area contributed by atoms with E-state index in [1.807, 2.05) is 29.5 Å². The van der Waals surface area contributed by atoms with E-state index in [-0.39, 0.29) is 5.91 Å². The van der Waals surface area contributed by atoms with Gasteiger partial charge in [-0.25, -0.2) is 4.98 Å². The van der Waals surface area contributed by atoms with Crippen LogP contribution in [0.5, 0.6) is 0 Å². The first-order valence-corrected chi connectivity index (χ1v) is 8.84. The van der Waals surface area contributed by atoms with Crippen molar-refractivity contribution in [1.82, 2.24) is 9.88 Å². The van der Waals surface area contributed by atoms with Crippen LogP contribution in [-0.4, -0.2) is 29.4 Å². The van der Waals surface area contributed by atoms with E-state index in [0.717, 1.165) is 34.8 Å². The van der Waals surface area contributed by atoms with Gasteiger partial charge in [0, 0.05) is 24.9 Å². The highest BCUT2D eigenvalue weighted by Crippen LogP contribution is 2.33. The van der Waals surface area contributed by atoms with E-state index in [2.05, 4.69) is 11.9 Å². The van der Waals surface area contributed by atoms with E-state index in [1.165, 1.54) is 11.3 Å². The van der Waals surface area contributed by atoms with Gasteiger partial charge in [0.25, 0.3) is 0 Å². The van der Waals surface area contributed by atoms with Crippen LogP contribution in [0.15, 0.2) is 17.5 Å². The fraction of sp³-hybridized carbons (Fsp3) is 0.467. The van der Waals surface area contributed by atoms with Gasteiger partial charge in [-0.05, 0) is 24.3 Å². The zero-order valence-electron chi connectivity index (χ0n) is 12.5. The van der Waals surface area contributed by atoms with Crippen LogP contribution in [0.1, 0.15) is 31.1 Å². The summed E-state index contributed by atoms with van der Waals surface area (Å²) >= 11 is 3.14. The molecule has 6 heteroatoms. The van der Waals surface area contributed by atoms with Gasteiger partial charge >= 0.3 is 0 Å². The first kappa shape index (κ1) is 16.0. The van der Waals surface area contributed by atoms with E-state index in [9.17, 15) is 4.79 Å². The number of unbranched alkanes of at least 4 members (excludes halogenated alkanes) is 1. The smallest absolute Gasteiger partial charge is 0.222 e. The van der Waals surface area contributed by atoms with Gasteiger partial charge in [0.05, 0.1) is 10.6 Å². The Labute approximate surface area is 133 Å². The van der Waals surface area contributed by atoms with Gasteiger partial charge in [0.1, 0.15) is 0 Å². The summed E-state index contributed by atoms with van der Waals surface area (Å²) in [5.74, 6) is 0.188. The number of amides is 1. The second-order valence-corrected chi connectivity index (χ2v) is 7.03. The lowest BCUT2D eigenvalue weighted by Crippen LogP contribution is -2.27. The molecule has 2 heterocycles. The Morgan fingerprint density at radius 1 is 1.48 bits per heavy atom. The quantitative estimate of drug-likeness (QED) is 0.846. The molecule has 0 aromatic carbocycles. The van der Waals surface area contributed by atoms with E-state index in [4.69, 9.17) is 5.73 Å². The number of thiazole rings is 1. The number of aromatic nitrogens is 1. The molecule has 0 aliphatic carbocycles. The average molecular weight is 323 g/mol. The van der Waals surface area contributed by atoms with Crippen LogP contribution in [0.3, 0.4) is 0 Å². The maximum Gasteiger partial charge on any atom is 0.222 e. The molecule has 1 amide bonds. The van der Waals surface area contributed by atoms with Crippen molar-refractivity contribution in [3.8, 4) is 10.6 Å². The summed E-state index contributed by atoms with van der Waals surface area (Å²) in [7, 11) is 1.87. The van der Waals surface area contributed by atoms with E-state index in [0.29, 0.717) is 18.0 Å². The summed E-state index contributed by atoms with van der Waals surface area (Å²) in [6.45, 7) is 2.96. The molecule has 0 atom stereocenters. The molecule has 4 nitrogen and oxygen atoms in total. The number of nitrogens with zero attached hydrogens (tertiary/aromatic N) is 2. The molecule has 2 N–H and O–H groups in total. The number of hydrogen-bond donors (Lipinski definition) is 1. The van der Waals surface area contributed by atoms with Gasteiger partial charge < -0.3 is 10.6 Å². The van der Waals surface area contributed by atoms with Gasteiger partial charge in [-0.15, -0.1) is 22.7 Å². The van der Waals surface area contributed by atoms with Crippen molar-refractivity contribution in [2.75, 3.05) is 19.3 Å². The zero-order valence-corrected chi connectivity index (χ0v) is 14.1. The zero-order chi connectivity index (χ0) is 15.2. The SMILES string of the molecule is CCCCN(C)C(=O)CCc1sc(N)nc1-c1cccs1. The number of carbonyl (C=O) groups is 1. The van der Waals surface area contributed by atoms with E-state index >= 15 is 0 Å². The van der Waals surface area contributed by atoms with E-state index < -0.39 is 0 Å². The second kappa shape index (κ2) is 7.56. The van der Waals surface area contributed by atoms with Crippen LogP contribution in [0.2, 0.25) is 0 Å². The molecule has 0 radical (unpaired) electrons. The number of hydrogen-bond acceptors (Lipinski definition) is 5. The highest BCUT2D eigenvalue weighted by atomic mass is 32.1. The molecule has 0 aliphatic heterocycles. The molecule has 0 saturated carbocycles. The molecule has 0 saturated heterocycles. The number of rotatable bonds is 7. The van der Waals surface area contributed by atoms with Crippen molar-refractivity contribution >= 4 is 33.7 Å².